The van der Waals surface area contributed by atoms with Crippen LogP contribution in [0.2, 0.25) is 0 Å². The molecule has 0 aliphatic carbocycles. The van der Waals surface area contributed by atoms with E-state index in [2.05, 4.69) is 233 Å². The lowest BCUT2D eigenvalue weighted by Crippen LogP contribution is -2.29. The molecule has 0 radical (unpaired) electrons. The molecule has 0 aliphatic rings. The van der Waals surface area contributed by atoms with Gasteiger partial charge in [-0.3, -0.25) is 18.6 Å². The lowest BCUT2D eigenvalue weighted by atomic mass is 10.0. The third-order valence-electron chi connectivity index (χ3n) is 13.9. The number of nitrogens with two attached hydrogens (primary N) is 1. The fraction of sp³-hybridized carbons (Fsp3) is 0.531. The van der Waals surface area contributed by atoms with Crippen LogP contribution in [0.5, 0.6) is 0 Å². The van der Waals surface area contributed by atoms with Gasteiger partial charge in [0.1, 0.15) is 6.61 Å². The average Bonchev–Trinajstić information content (AvgIpc) is 3.74. The van der Waals surface area contributed by atoms with Crippen molar-refractivity contribution >= 4 is 19.8 Å². The number of phosphoric ester groups is 1. The summed E-state index contributed by atoms with van der Waals surface area (Å²) in [6.45, 7) is 3.43. The third kappa shape index (κ3) is 73.3. The van der Waals surface area contributed by atoms with Crippen LogP contribution in [0.15, 0.2) is 219 Å². The summed E-state index contributed by atoms with van der Waals surface area (Å²) < 4.78 is 33.1. The van der Waals surface area contributed by atoms with Crippen molar-refractivity contribution in [3.63, 3.8) is 0 Å². The van der Waals surface area contributed by atoms with E-state index in [1.807, 2.05) is 0 Å². The summed E-state index contributed by atoms with van der Waals surface area (Å²) in [4.78, 5) is 35.3. The lowest BCUT2D eigenvalue weighted by Gasteiger charge is -2.19. The fourth-order valence-electron chi connectivity index (χ4n) is 8.75. The largest absolute Gasteiger partial charge is 0.472 e. The Morgan fingerprint density at radius 2 is 0.582 bits per heavy atom. The van der Waals surface area contributed by atoms with Gasteiger partial charge in [-0.2, -0.15) is 0 Å². The molecule has 0 heterocycles. The first kappa shape index (κ1) is 85.3. The van der Waals surface area contributed by atoms with Crippen molar-refractivity contribution in [2.45, 2.75) is 251 Å². The quantitative estimate of drug-likeness (QED) is 0.0264. The topological polar surface area (TPSA) is 134 Å². The van der Waals surface area contributed by atoms with Crippen molar-refractivity contribution in [2.75, 3.05) is 26.4 Å². The molecule has 9 nitrogen and oxygen atoms in total. The number of carbonyl (C=O) groups excluding carboxylic acids is 2. The minimum Gasteiger partial charge on any atom is -0.462 e. The number of phosphoric acid groups is 1. The average molecular weight is 1270 g/mol. The minimum atomic E-state index is -4.42. The van der Waals surface area contributed by atoms with Crippen LogP contribution in [0, 0.1) is 0 Å². The Kier molecular flexibility index (Phi) is 68.8. The van der Waals surface area contributed by atoms with Crippen molar-refractivity contribution in [1.29, 1.82) is 0 Å². The summed E-state index contributed by atoms with van der Waals surface area (Å²) in [5.41, 5.74) is 5.40. The summed E-state index contributed by atoms with van der Waals surface area (Å²) in [5, 5.41) is 0. The summed E-state index contributed by atoms with van der Waals surface area (Å²) in [7, 11) is -4.42. The molecule has 0 aromatic carbocycles. The van der Waals surface area contributed by atoms with Crippen LogP contribution < -0.4 is 5.73 Å². The summed E-state index contributed by atoms with van der Waals surface area (Å²) >= 11 is 0. The molecule has 0 aromatic heterocycles. The zero-order valence-corrected chi connectivity index (χ0v) is 57.9. The van der Waals surface area contributed by atoms with Gasteiger partial charge in [-0.05, 0) is 148 Å². The second-order valence-electron chi connectivity index (χ2n) is 22.3. The molecule has 508 valence electrons. The normalized spacial score (nSPS) is 14.3. The summed E-state index contributed by atoms with van der Waals surface area (Å²) in [6, 6.07) is 0. The highest BCUT2D eigenvalue weighted by molar-refractivity contribution is 7.47. The SMILES string of the molecule is CC/C=C\C/C=C\C/C=C\C/C=C\C/C=C\C/C=C\C/C=C\C/C=C\C/C=C\CCCCCCCCCCCCCCCC(=O)OC(COC(=O)CCC/C=C\C/C=C\C/C=C\C/C=C\C/C=C\C/C=C\C/C=C\C/C=C\C/C=C\CC)COP(=O)(O)OCCN. The second kappa shape index (κ2) is 73.4. The number of rotatable bonds is 63. The van der Waals surface area contributed by atoms with E-state index in [9.17, 15) is 19.0 Å². The molecule has 0 spiro atoms. The van der Waals surface area contributed by atoms with Crippen molar-refractivity contribution < 1.29 is 37.6 Å². The number of esters is 2. The molecule has 0 amide bonds. The Labute approximate surface area is 556 Å². The van der Waals surface area contributed by atoms with Crippen molar-refractivity contribution in [1.82, 2.24) is 0 Å². The van der Waals surface area contributed by atoms with Crippen molar-refractivity contribution in [2.24, 2.45) is 5.73 Å². The fourth-order valence-corrected chi connectivity index (χ4v) is 9.51. The second-order valence-corrected chi connectivity index (χ2v) is 23.7. The highest BCUT2D eigenvalue weighted by Gasteiger charge is 2.26. The maximum Gasteiger partial charge on any atom is 0.472 e. The number of ether oxygens (including phenoxy) is 2. The van der Waals surface area contributed by atoms with Crippen LogP contribution in [-0.4, -0.2) is 49.3 Å². The standard InChI is InChI=1S/C81H126NO8P/c1-3-5-7-9-11-13-15-17-19-21-23-25-27-29-31-33-34-35-36-37-38-39-40-41-42-43-44-46-48-50-52-54-56-58-60-62-64-66-68-70-72-74-81(84)90-79(78-89-91(85,86)88-76-75-82)77-87-80(83)73-71-69-67-65-63-61-59-57-55-53-51-49-47-45-32-30-28-26-24-22-20-18-16-14-12-10-8-6-4-2/h5-8,11-14,17-20,23-26,29-32,34-35,37-38,40-41,43-44,47,49,53,55,59,61,65,67,79H,3-4,9-10,15-16,21-22,27-28,33,36,39,42,45-46,48,50-52,54,56-58,60,62-64,66,68-78,82H2,1-2H3,(H,85,86)/b7-5-,8-6-,13-11-,14-12-,19-17-,20-18-,25-23-,26-24-,31-29-,32-30-,35-34-,38-37-,41-40-,44-43-,49-47-,55-53-,61-59-,67-65-. The first-order valence-corrected chi connectivity index (χ1v) is 36.7. The number of hydrogen-bond donors (Lipinski definition) is 2. The number of unbranched alkanes of at least 4 members (excludes halogenated alkanes) is 14. The maximum atomic E-state index is 12.8. The first-order valence-electron chi connectivity index (χ1n) is 35.2. The molecule has 0 aliphatic heterocycles. The van der Waals surface area contributed by atoms with Crippen LogP contribution in [0.4, 0.5) is 0 Å². The van der Waals surface area contributed by atoms with Gasteiger partial charge < -0.3 is 20.1 Å². The van der Waals surface area contributed by atoms with E-state index in [1.54, 1.807) is 0 Å². The van der Waals surface area contributed by atoms with Crippen LogP contribution in [0.25, 0.3) is 0 Å². The molecule has 0 fully saturated rings. The molecule has 0 bridgehead atoms. The van der Waals surface area contributed by atoms with Gasteiger partial charge >= 0.3 is 19.8 Å². The van der Waals surface area contributed by atoms with Gasteiger partial charge in [0.25, 0.3) is 0 Å². The smallest absolute Gasteiger partial charge is 0.462 e. The monoisotopic (exact) mass is 1270 g/mol. The van der Waals surface area contributed by atoms with E-state index in [-0.39, 0.29) is 32.6 Å². The third-order valence-corrected chi connectivity index (χ3v) is 14.8. The predicted octanol–water partition coefficient (Wildman–Crippen LogP) is 23.6. The molecular weight excluding hydrogens is 1150 g/mol. The van der Waals surface area contributed by atoms with E-state index >= 15 is 0 Å². The van der Waals surface area contributed by atoms with Gasteiger partial charge in [-0.25, -0.2) is 4.57 Å². The number of hydrogen-bond acceptors (Lipinski definition) is 8. The first-order chi connectivity index (χ1) is 44.8. The molecule has 10 heteroatoms. The molecular formula is C81H126NO8P. The Morgan fingerprint density at radius 3 is 0.879 bits per heavy atom. The van der Waals surface area contributed by atoms with Gasteiger partial charge in [0.05, 0.1) is 13.2 Å². The van der Waals surface area contributed by atoms with Crippen LogP contribution in [0.1, 0.15) is 245 Å². The van der Waals surface area contributed by atoms with E-state index in [4.69, 9.17) is 24.3 Å². The number of carbonyl (C=O) groups is 2. The van der Waals surface area contributed by atoms with Gasteiger partial charge in [-0.15, -0.1) is 0 Å². The van der Waals surface area contributed by atoms with Crippen LogP contribution in [-0.2, 0) is 32.7 Å². The van der Waals surface area contributed by atoms with E-state index in [1.165, 1.54) is 64.2 Å². The molecule has 3 N–H and O–H groups in total. The van der Waals surface area contributed by atoms with Crippen molar-refractivity contribution in [3.8, 4) is 0 Å². The number of allylic oxidation sites excluding steroid dienone is 36. The maximum absolute atomic E-state index is 12.8. The molecule has 0 saturated heterocycles. The van der Waals surface area contributed by atoms with Crippen LogP contribution in [0.3, 0.4) is 0 Å². The Hall–Kier alpha value is -5.67. The zero-order chi connectivity index (χ0) is 65.8. The highest BCUT2D eigenvalue weighted by atomic mass is 31.2. The van der Waals surface area contributed by atoms with E-state index in [0.29, 0.717) is 12.8 Å². The van der Waals surface area contributed by atoms with Gasteiger partial charge in [0, 0.05) is 19.4 Å². The van der Waals surface area contributed by atoms with Gasteiger partial charge in [0.2, 0.25) is 0 Å². The van der Waals surface area contributed by atoms with Gasteiger partial charge in [0.15, 0.2) is 6.10 Å². The summed E-state index contributed by atoms with van der Waals surface area (Å²) in [5.74, 6) is -0.914. The zero-order valence-electron chi connectivity index (χ0n) is 57.0. The molecule has 2 unspecified atom stereocenters. The molecule has 0 aromatic rings. The lowest BCUT2D eigenvalue weighted by molar-refractivity contribution is -0.161. The Morgan fingerprint density at radius 1 is 0.330 bits per heavy atom. The predicted molar refractivity (Wildman–Crippen MR) is 394 cm³/mol. The Balaban J connectivity index is 4.03. The molecule has 2 atom stereocenters. The van der Waals surface area contributed by atoms with Gasteiger partial charge in [-0.1, -0.05) is 303 Å². The van der Waals surface area contributed by atoms with Crippen LogP contribution >= 0.6 is 7.82 Å². The molecule has 0 saturated carbocycles. The van der Waals surface area contributed by atoms with Crippen molar-refractivity contribution in [3.05, 3.63) is 219 Å². The Bertz CT molecular complexity index is 2290. The molecule has 91 heavy (non-hydrogen) atoms. The summed E-state index contributed by atoms with van der Waals surface area (Å²) in [6.07, 6.45) is 115. The van der Waals surface area contributed by atoms with E-state index in [0.717, 1.165) is 141 Å². The van der Waals surface area contributed by atoms with E-state index < -0.39 is 32.5 Å². The minimum absolute atomic E-state index is 0.0344. The molecule has 0 rings (SSSR count). The highest BCUT2D eigenvalue weighted by Crippen LogP contribution is 2.43.